The molecule has 0 fully saturated rings. The van der Waals surface area contributed by atoms with Crippen LogP contribution < -0.4 is 5.32 Å². The molecule has 0 saturated carbocycles. The third-order valence-electron chi connectivity index (χ3n) is 3.24. The summed E-state index contributed by atoms with van der Waals surface area (Å²) in [7, 11) is 3.67. The molecule has 1 aromatic carbocycles. The van der Waals surface area contributed by atoms with Crippen molar-refractivity contribution in [1.82, 2.24) is 20.0 Å². The molecule has 0 saturated heterocycles. The molecule has 0 aliphatic heterocycles. The van der Waals surface area contributed by atoms with Crippen molar-refractivity contribution in [2.24, 2.45) is 0 Å². The molecule has 0 bridgehead atoms. The zero-order chi connectivity index (χ0) is 14.5. The van der Waals surface area contributed by atoms with E-state index in [1.54, 1.807) is 29.0 Å². The lowest BCUT2D eigenvalue weighted by Gasteiger charge is -2.15. The number of benzene rings is 1. The van der Waals surface area contributed by atoms with Gasteiger partial charge >= 0.3 is 0 Å². The summed E-state index contributed by atoms with van der Waals surface area (Å²) in [5, 5.41) is 7.31. The van der Waals surface area contributed by atoms with Crippen LogP contribution >= 0.6 is 12.4 Å². The van der Waals surface area contributed by atoms with Gasteiger partial charge in [0.05, 0.1) is 17.4 Å². The Bertz CT molecular complexity index is 597. The van der Waals surface area contributed by atoms with Crippen LogP contribution in [0, 0.1) is 6.92 Å². The van der Waals surface area contributed by atoms with Gasteiger partial charge in [0, 0.05) is 26.3 Å². The van der Waals surface area contributed by atoms with Gasteiger partial charge in [0.25, 0.3) is 5.91 Å². The van der Waals surface area contributed by atoms with Crippen LogP contribution in [0.4, 0.5) is 0 Å². The molecule has 0 aliphatic rings. The van der Waals surface area contributed by atoms with E-state index in [0.29, 0.717) is 12.1 Å². The molecule has 1 N–H and O–H groups in total. The molecular weight excluding hydrogens is 288 g/mol. The van der Waals surface area contributed by atoms with Crippen molar-refractivity contribution in [3.05, 3.63) is 47.8 Å². The topological polar surface area (TPSA) is 50.2 Å². The largest absolute Gasteiger partial charge is 0.340 e. The lowest BCUT2D eigenvalue weighted by molar-refractivity contribution is 0.0797. The van der Waals surface area contributed by atoms with E-state index in [1.165, 1.54) is 0 Å². The number of nitrogens with zero attached hydrogens (tertiary/aromatic N) is 3. The summed E-state index contributed by atoms with van der Waals surface area (Å²) in [4.78, 5) is 13.9. The third kappa shape index (κ3) is 4.06. The van der Waals surface area contributed by atoms with Gasteiger partial charge in [-0.05, 0) is 25.6 Å². The molecule has 0 unspecified atom stereocenters. The minimum absolute atomic E-state index is 0. The first-order chi connectivity index (χ1) is 9.63. The van der Waals surface area contributed by atoms with Crippen LogP contribution in [-0.4, -0.2) is 47.8 Å². The van der Waals surface area contributed by atoms with Crippen molar-refractivity contribution in [3.8, 4) is 5.69 Å². The quantitative estimate of drug-likeness (QED) is 0.918. The van der Waals surface area contributed by atoms with Crippen molar-refractivity contribution in [3.63, 3.8) is 0 Å². The molecular formula is C15H21ClN4O. The van der Waals surface area contributed by atoms with Crippen molar-refractivity contribution >= 4 is 18.3 Å². The van der Waals surface area contributed by atoms with Gasteiger partial charge in [0.15, 0.2) is 0 Å². The molecule has 0 spiro atoms. The first-order valence-corrected chi connectivity index (χ1v) is 6.64. The number of rotatable bonds is 5. The zero-order valence-corrected chi connectivity index (χ0v) is 13.4. The summed E-state index contributed by atoms with van der Waals surface area (Å²) in [6.45, 7) is 3.47. The van der Waals surface area contributed by atoms with E-state index >= 15 is 0 Å². The Morgan fingerprint density at radius 3 is 2.76 bits per heavy atom. The SMILES string of the molecule is CNCCN(C)C(=O)c1cnn(-c2ccccc2C)c1.Cl. The second-order valence-corrected chi connectivity index (χ2v) is 4.79. The van der Waals surface area contributed by atoms with Gasteiger partial charge in [-0.1, -0.05) is 18.2 Å². The van der Waals surface area contributed by atoms with E-state index in [4.69, 9.17) is 0 Å². The predicted molar refractivity (Wildman–Crippen MR) is 86.4 cm³/mol. The van der Waals surface area contributed by atoms with E-state index in [0.717, 1.165) is 17.8 Å². The van der Waals surface area contributed by atoms with Crippen LogP contribution in [0.3, 0.4) is 0 Å². The van der Waals surface area contributed by atoms with Crippen LogP contribution in [0.5, 0.6) is 0 Å². The number of amides is 1. The maximum atomic E-state index is 12.2. The number of para-hydroxylation sites is 1. The standard InChI is InChI=1S/C15H20N4O.ClH/c1-12-6-4-5-7-14(12)19-11-13(10-17-19)15(20)18(3)9-8-16-2;/h4-7,10-11,16H,8-9H2,1-3H3;1H. The number of likely N-dealkylation sites (N-methyl/N-ethyl adjacent to an activating group) is 2. The Morgan fingerprint density at radius 2 is 2.10 bits per heavy atom. The molecule has 0 aliphatic carbocycles. The van der Waals surface area contributed by atoms with Gasteiger partial charge in [-0.15, -0.1) is 12.4 Å². The average Bonchev–Trinajstić information content (AvgIpc) is 2.94. The van der Waals surface area contributed by atoms with Gasteiger partial charge in [-0.2, -0.15) is 5.10 Å². The van der Waals surface area contributed by atoms with Crippen LogP contribution in [0.1, 0.15) is 15.9 Å². The fourth-order valence-electron chi connectivity index (χ4n) is 1.99. The van der Waals surface area contributed by atoms with Crippen LogP contribution in [0.15, 0.2) is 36.7 Å². The van der Waals surface area contributed by atoms with Crippen molar-refractivity contribution in [2.75, 3.05) is 27.2 Å². The van der Waals surface area contributed by atoms with Crippen molar-refractivity contribution < 1.29 is 4.79 Å². The number of carbonyl (C=O) groups excluding carboxylic acids is 1. The number of carbonyl (C=O) groups is 1. The molecule has 21 heavy (non-hydrogen) atoms. The number of nitrogens with one attached hydrogen (secondary N) is 1. The van der Waals surface area contributed by atoms with E-state index in [-0.39, 0.29) is 18.3 Å². The first-order valence-electron chi connectivity index (χ1n) is 6.64. The van der Waals surface area contributed by atoms with Gasteiger partial charge in [0.2, 0.25) is 0 Å². The fraction of sp³-hybridized carbons (Fsp3) is 0.333. The van der Waals surface area contributed by atoms with Gasteiger partial charge < -0.3 is 10.2 Å². The number of hydrogen-bond acceptors (Lipinski definition) is 3. The molecule has 2 rings (SSSR count). The second-order valence-electron chi connectivity index (χ2n) is 4.79. The third-order valence-corrected chi connectivity index (χ3v) is 3.24. The zero-order valence-electron chi connectivity index (χ0n) is 12.5. The molecule has 1 amide bonds. The molecule has 5 nitrogen and oxygen atoms in total. The summed E-state index contributed by atoms with van der Waals surface area (Å²) in [6.07, 6.45) is 3.39. The Morgan fingerprint density at radius 1 is 1.38 bits per heavy atom. The Hall–Kier alpha value is -1.85. The molecule has 0 atom stereocenters. The minimum Gasteiger partial charge on any atom is -0.340 e. The maximum absolute atomic E-state index is 12.2. The summed E-state index contributed by atoms with van der Waals surface area (Å²) >= 11 is 0. The van der Waals surface area contributed by atoms with Gasteiger partial charge in [-0.25, -0.2) is 4.68 Å². The van der Waals surface area contributed by atoms with E-state index < -0.39 is 0 Å². The first kappa shape index (κ1) is 17.2. The predicted octanol–water partition coefficient (Wildman–Crippen LogP) is 1.89. The highest BCUT2D eigenvalue weighted by Gasteiger charge is 2.14. The van der Waals surface area contributed by atoms with E-state index in [1.807, 2.05) is 38.2 Å². The highest BCUT2D eigenvalue weighted by atomic mass is 35.5. The highest BCUT2D eigenvalue weighted by Crippen LogP contribution is 2.13. The van der Waals surface area contributed by atoms with Crippen molar-refractivity contribution in [2.45, 2.75) is 6.92 Å². The number of halogens is 1. The summed E-state index contributed by atoms with van der Waals surface area (Å²) in [6, 6.07) is 7.96. The molecule has 1 aromatic heterocycles. The van der Waals surface area contributed by atoms with Crippen LogP contribution in [0.25, 0.3) is 5.69 Å². The van der Waals surface area contributed by atoms with E-state index in [9.17, 15) is 4.79 Å². The summed E-state index contributed by atoms with van der Waals surface area (Å²) < 4.78 is 1.74. The lowest BCUT2D eigenvalue weighted by Crippen LogP contribution is -2.32. The summed E-state index contributed by atoms with van der Waals surface area (Å²) in [5.74, 6) is -0.0138. The monoisotopic (exact) mass is 308 g/mol. The van der Waals surface area contributed by atoms with Gasteiger partial charge in [0.1, 0.15) is 0 Å². The Kier molecular flexibility index (Phi) is 6.39. The van der Waals surface area contributed by atoms with Crippen LogP contribution in [0.2, 0.25) is 0 Å². The lowest BCUT2D eigenvalue weighted by atomic mass is 10.2. The van der Waals surface area contributed by atoms with E-state index in [2.05, 4.69) is 10.4 Å². The molecule has 6 heteroatoms. The fourth-order valence-corrected chi connectivity index (χ4v) is 1.99. The maximum Gasteiger partial charge on any atom is 0.256 e. The number of hydrogen-bond donors (Lipinski definition) is 1. The Labute approximate surface area is 131 Å². The molecule has 2 aromatic rings. The molecule has 1 heterocycles. The average molecular weight is 309 g/mol. The minimum atomic E-state index is -0.0138. The Balaban J connectivity index is 0.00000220. The summed E-state index contributed by atoms with van der Waals surface area (Å²) in [5.41, 5.74) is 2.72. The normalized spacial score (nSPS) is 10.0. The smallest absolute Gasteiger partial charge is 0.256 e. The van der Waals surface area contributed by atoms with Crippen molar-refractivity contribution in [1.29, 1.82) is 0 Å². The van der Waals surface area contributed by atoms with Crippen LogP contribution in [-0.2, 0) is 0 Å². The van der Waals surface area contributed by atoms with Gasteiger partial charge in [-0.3, -0.25) is 4.79 Å². The number of aryl methyl sites for hydroxylation is 1. The molecule has 114 valence electrons. The highest BCUT2D eigenvalue weighted by molar-refractivity contribution is 5.93. The molecule has 0 radical (unpaired) electrons. The number of aromatic nitrogens is 2. The second kappa shape index (κ2) is 7.81.